The van der Waals surface area contributed by atoms with E-state index in [0.29, 0.717) is 0 Å². The number of carbonyl (C=O) groups excluding carboxylic acids is 2. The van der Waals surface area contributed by atoms with Gasteiger partial charge in [-0.25, -0.2) is 0 Å². The summed E-state index contributed by atoms with van der Waals surface area (Å²) in [6, 6.07) is 0. The van der Waals surface area contributed by atoms with Crippen LogP contribution in [0.3, 0.4) is 0 Å². The molecule has 1 aliphatic heterocycles. The Bertz CT molecular complexity index is 340. The molecular formula is C12H19NO5. The van der Waals surface area contributed by atoms with Gasteiger partial charge in [-0.2, -0.15) is 0 Å². The maximum absolute atomic E-state index is 11.4. The van der Waals surface area contributed by atoms with Crippen LogP contribution in [0.1, 0.15) is 20.8 Å². The van der Waals surface area contributed by atoms with E-state index in [2.05, 4.69) is 11.9 Å². The molecule has 0 atom stereocenters. The third kappa shape index (κ3) is 4.12. The first-order chi connectivity index (χ1) is 8.29. The highest BCUT2D eigenvalue weighted by atomic mass is 16.7. The van der Waals surface area contributed by atoms with Crippen molar-refractivity contribution in [2.75, 3.05) is 19.8 Å². The summed E-state index contributed by atoms with van der Waals surface area (Å²) >= 11 is 0. The van der Waals surface area contributed by atoms with Gasteiger partial charge in [-0.1, -0.05) is 6.58 Å². The van der Waals surface area contributed by atoms with Crippen molar-refractivity contribution < 1.29 is 23.8 Å². The van der Waals surface area contributed by atoms with E-state index >= 15 is 0 Å². The summed E-state index contributed by atoms with van der Waals surface area (Å²) in [5.41, 5.74) is -0.869. The molecule has 0 radical (unpaired) electrons. The molecule has 0 aliphatic carbocycles. The van der Waals surface area contributed by atoms with Crippen LogP contribution in [0.5, 0.6) is 0 Å². The van der Waals surface area contributed by atoms with Crippen LogP contribution in [0, 0.1) is 0 Å². The van der Waals surface area contributed by atoms with Crippen LogP contribution in [-0.4, -0.2) is 43.0 Å². The SMILES string of the molecule is C=CC(=O)NC1(COC(C)=O)COC(C)(C)OC1. The molecule has 0 unspecified atom stereocenters. The summed E-state index contributed by atoms with van der Waals surface area (Å²) in [6.45, 7) is 8.63. The number of esters is 1. The molecule has 0 spiro atoms. The Kier molecular flexibility index (Phi) is 4.48. The Morgan fingerprint density at radius 1 is 1.39 bits per heavy atom. The van der Waals surface area contributed by atoms with Crippen LogP contribution in [-0.2, 0) is 23.8 Å². The predicted molar refractivity (Wildman–Crippen MR) is 63.7 cm³/mol. The Hall–Kier alpha value is -1.40. The van der Waals surface area contributed by atoms with E-state index in [1.807, 2.05) is 0 Å². The fraction of sp³-hybridized carbons (Fsp3) is 0.667. The largest absolute Gasteiger partial charge is 0.463 e. The van der Waals surface area contributed by atoms with Crippen molar-refractivity contribution >= 4 is 11.9 Å². The van der Waals surface area contributed by atoms with Crippen molar-refractivity contribution in [1.82, 2.24) is 5.32 Å². The molecule has 102 valence electrons. The van der Waals surface area contributed by atoms with Gasteiger partial charge in [0.15, 0.2) is 5.79 Å². The zero-order valence-corrected chi connectivity index (χ0v) is 10.9. The van der Waals surface area contributed by atoms with Crippen LogP contribution in [0.2, 0.25) is 0 Å². The second-order valence-electron chi connectivity index (χ2n) is 4.73. The standard InChI is InChI=1S/C12H19NO5/c1-5-10(15)13-12(6-16-9(2)14)7-17-11(3,4)18-8-12/h5H,1,6-8H2,2-4H3,(H,13,15). The lowest BCUT2D eigenvalue weighted by atomic mass is 10.0. The van der Waals surface area contributed by atoms with Gasteiger partial charge >= 0.3 is 5.97 Å². The Balaban J connectivity index is 2.72. The molecule has 1 aliphatic rings. The maximum atomic E-state index is 11.4. The van der Waals surface area contributed by atoms with E-state index in [9.17, 15) is 9.59 Å². The molecule has 0 aromatic rings. The van der Waals surface area contributed by atoms with E-state index in [-0.39, 0.29) is 25.7 Å². The van der Waals surface area contributed by atoms with Gasteiger partial charge in [0.05, 0.1) is 13.2 Å². The van der Waals surface area contributed by atoms with E-state index < -0.39 is 17.3 Å². The molecule has 0 aromatic carbocycles. The topological polar surface area (TPSA) is 73.9 Å². The average Bonchev–Trinajstić information content (AvgIpc) is 2.30. The van der Waals surface area contributed by atoms with Crippen molar-refractivity contribution in [3.8, 4) is 0 Å². The van der Waals surface area contributed by atoms with Crippen LogP contribution in [0.25, 0.3) is 0 Å². The Morgan fingerprint density at radius 3 is 2.39 bits per heavy atom. The molecule has 6 heteroatoms. The average molecular weight is 257 g/mol. The quantitative estimate of drug-likeness (QED) is 0.582. The van der Waals surface area contributed by atoms with Crippen LogP contribution in [0.15, 0.2) is 12.7 Å². The van der Waals surface area contributed by atoms with Crippen LogP contribution >= 0.6 is 0 Å². The minimum atomic E-state index is -0.869. The highest BCUT2D eigenvalue weighted by Crippen LogP contribution is 2.23. The van der Waals surface area contributed by atoms with Crippen LogP contribution < -0.4 is 5.32 Å². The van der Waals surface area contributed by atoms with E-state index in [4.69, 9.17) is 14.2 Å². The number of carbonyl (C=O) groups is 2. The lowest BCUT2D eigenvalue weighted by molar-refractivity contribution is -0.275. The third-order valence-electron chi connectivity index (χ3n) is 2.52. The summed E-state index contributed by atoms with van der Waals surface area (Å²) in [4.78, 5) is 22.3. The van der Waals surface area contributed by atoms with Gasteiger partial charge < -0.3 is 19.5 Å². The minimum Gasteiger partial charge on any atom is -0.463 e. The van der Waals surface area contributed by atoms with Gasteiger partial charge in [0.2, 0.25) is 5.91 Å². The number of nitrogens with one attached hydrogen (secondary N) is 1. The molecular weight excluding hydrogens is 238 g/mol. The summed E-state index contributed by atoms with van der Waals surface area (Å²) in [6.07, 6.45) is 1.15. The monoisotopic (exact) mass is 257 g/mol. The molecule has 0 aromatic heterocycles. The van der Waals surface area contributed by atoms with Crippen molar-refractivity contribution in [2.45, 2.75) is 32.1 Å². The summed E-state index contributed by atoms with van der Waals surface area (Å²) in [7, 11) is 0. The highest BCUT2D eigenvalue weighted by molar-refractivity contribution is 5.87. The second-order valence-corrected chi connectivity index (χ2v) is 4.73. The van der Waals surface area contributed by atoms with Gasteiger partial charge in [0, 0.05) is 6.92 Å². The Labute approximate surface area is 106 Å². The summed E-state index contributed by atoms with van der Waals surface area (Å²) in [5, 5.41) is 2.69. The van der Waals surface area contributed by atoms with Crippen LogP contribution in [0.4, 0.5) is 0 Å². The number of hydrogen-bond donors (Lipinski definition) is 1. The highest BCUT2D eigenvalue weighted by Gasteiger charge is 2.42. The smallest absolute Gasteiger partial charge is 0.302 e. The zero-order valence-electron chi connectivity index (χ0n) is 10.9. The first-order valence-corrected chi connectivity index (χ1v) is 5.64. The van der Waals surface area contributed by atoms with Gasteiger partial charge in [0.25, 0.3) is 0 Å². The molecule has 1 amide bonds. The molecule has 1 heterocycles. The maximum Gasteiger partial charge on any atom is 0.302 e. The van der Waals surface area contributed by atoms with E-state index in [1.165, 1.54) is 6.92 Å². The summed E-state index contributed by atoms with van der Waals surface area (Å²) < 4.78 is 15.9. The normalized spacial score (nSPS) is 20.8. The fourth-order valence-electron chi connectivity index (χ4n) is 1.45. The molecule has 0 saturated carbocycles. The van der Waals surface area contributed by atoms with Crippen molar-refractivity contribution in [2.24, 2.45) is 0 Å². The number of rotatable bonds is 4. The molecule has 1 N–H and O–H groups in total. The van der Waals surface area contributed by atoms with Gasteiger partial charge in [-0.3, -0.25) is 9.59 Å². The van der Waals surface area contributed by atoms with E-state index in [1.54, 1.807) is 13.8 Å². The minimum absolute atomic E-state index is 0.00199. The second kappa shape index (κ2) is 5.49. The fourth-order valence-corrected chi connectivity index (χ4v) is 1.45. The molecule has 18 heavy (non-hydrogen) atoms. The molecule has 1 saturated heterocycles. The van der Waals surface area contributed by atoms with Gasteiger partial charge in [0.1, 0.15) is 12.1 Å². The zero-order chi connectivity index (χ0) is 13.8. The van der Waals surface area contributed by atoms with Crippen molar-refractivity contribution in [3.05, 3.63) is 12.7 Å². The number of amides is 1. The van der Waals surface area contributed by atoms with E-state index in [0.717, 1.165) is 6.08 Å². The van der Waals surface area contributed by atoms with Gasteiger partial charge in [-0.15, -0.1) is 0 Å². The molecule has 1 rings (SSSR count). The predicted octanol–water partition coefficient (Wildman–Crippen LogP) is 0.373. The lowest BCUT2D eigenvalue weighted by Crippen LogP contribution is -2.63. The Morgan fingerprint density at radius 2 is 1.94 bits per heavy atom. The molecule has 6 nitrogen and oxygen atoms in total. The summed E-state index contributed by atoms with van der Waals surface area (Å²) in [5.74, 6) is -1.50. The van der Waals surface area contributed by atoms with Gasteiger partial charge in [-0.05, 0) is 19.9 Å². The number of ether oxygens (including phenoxy) is 3. The molecule has 0 bridgehead atoms. The van der Waals surface area contributed by atoms with Crippen molar-refractivity contribution in [1.29, 1.82) is 0 Å². The molecule has 1 fully saturated rings. The lowest BCUT2D eigenvalue weighted by Gasteiger charge is -2.43. The van der Waals surface area contributed by atoms with Crippen molar-refractivity contribution in [3.63, 3.8) is 0 Å². The third-order valence-corrected chi connectivity index (χ3v) is 2.52. The number of hydrogen-bond acceptors (Lipinski definition) is 5. The first kappa shape index (κ1) is 14.7. The first-order valence-electron chi connectivity index (χ1n) is 5.64.